The third-order valence-electron chi connectivity index (χ3n) is 4.74. The molecule has 0 fully saturated rings. The molecule has 3 rings (SSSR count). The number of benzene rings is 2. The lowest BCUT2D eigenvalue weighted by molar-refractivity contribution is -0.112. The van der Waals surface area contributed by atoms with Crippen molar-refractivity contribution in [3.63, 3.8) is 0 Å². The Bertz CT molecular complexity index is 1170. The molecule has 0 unspecified atom stereocenters. The molecule has 146 valence electrons. The molecule has 4 nitrogen and oxygen atoms in total. The first-order valence-electron chi connectivity index (χ1n) is 8.95. The molecule has 0 radical (unpaired) electrons. The number of hydrogen-bond donors (Lipinski definition) is 1. The summed E-state index contributed by atoms with van der Waals surface area (Å²) in [7, 11) is 0. The standard InChI is InChI=1S/C23H19ClFN3O/c1-14-11-17(16(3)28(14)22-10-5-4-8-20(22)25)12-18(13-26)23(29)27-21-9-6-7-19(24)15(21)2/h4-12H,1-3H3,(H,27,29)/b18-12-. The van der Waals surface area contributed by atoms with Gasteiger partial charge in [-0.05, 0) is 68.3 Å². The third-order valence-corrected chi connectivity index (χ3v) is 5.15. The van der Waals surface area contributed by atoms with E-state index in [4.69, 9.17) is 11.6 Å². The first kappa shape index (κ1) is 20.4. The summed E-state index contributed by atoms with van der Waals surface area (Å²) in [6.45, 7) is 5.45. The van der Waals surface area contributed by atoms with Crippen LogP contribution in [0.4, 0.5) is 10.1 Å². The fourth-order valence-electron chi connectivity index (χ4n) is 3.17. The van der Waals surface area contributed by atoms with Crippen LogP contribution in [0.2, 0.25) is 5.02 Å². The van der Waals surface area contributed by atoms with Crippen LogP contribution in [0.5, 0.6) is 0 Å². The van der Waals surface area contributed by atoms with Crippen LogP contribution in [0, 0.1) is 37.9 Å². The van der Waals surface area contributed by atoms with Gasteiger partial charge >= 0.3 is 0 Å². The lowest BCUT2D eigenvalue weighted by Gasteiger charge is -2.10. The minimum Gasteiger partial charge on any atom is -0.321 e. The molecule has 0 aliphatic heterocycles. The fourth-order valence-corrected chi connectivity index (χ4v) is 3.35. The van der Waals surface area contributed by atoms with Gasteiger partial charge in [-0.2, -0.15) is 5.26 Å². The Morgan fingerprint density at radius 3 is 2.59 bits per heavy atom. The smallest absolute Gasteiger partial charge is 0.266 e. The molecule has 3 aromatic rings. The van der Waals surface area contributed by atoms with E-state index < -0.39 is 5.91 Å². The van der Waals surface area contributed by atoms with Crippen molar-refractivity contribution in [2.75, 3.05) is 5.32 Å². The van der Waals surface area contributed by atoms with Crippen LogP contribution in [0.15, 0.2) is 54.1 Å². The first-order chi connectivity index (χ1) is 13.8. The molecule has 6 heteroatoms. The summed E-state index contributed by atoms with van der Waals surface area (Å²) in [5.41, 5.74) is 3.81. The zero-order valence-corrected chi connectivity index (χ0v) is 17.0. The van der Waals surface area contributed by atoms with E-state index in [9.17, 15) is 14.4 Å². The first-order valence-corrected chi connectivity index (χ1v) is 9.33. The number of aryl methyl sites for hydroxylation is 1. The molecule has 2 aromatic carbocycles. The second kappa shape index (κ2) is 8.34. The van der Waals surface area contributed by atoms with Gasteiger partial charge in [0.2, 0.25) is 0 Å². The van der Waals surface area contributed by atoms with Crippen LogP contribution in [0.1, 0.15) is 22.5 Å². The van der Waals surface area contributed by atoms with Gasteiger partial charge in [0, 0.05) is 22.1 Å². The highest BCUT2D eigenvalue weighted by atomic mass is 35.5. The number of hydrogen-bond acceptors (Lipinski definition) is 2. The molecule has 0 aliphatic carbocycles. The number of nitrogens with one attached hydrogen (secondary N) is 1. The highest BCUT2D eigenvalue weighted by molar-refractivity contribution is 6.31. The maximum Gasteiger partial charge on any atom is 0.266 e. The molecule has 1 heterocycles. The van der Waals surface area contributed by atoms with E-state index in [-0.39, 0.29) is 11.4 Å². The molecule has 29 heavy (non-hydrogen) atoms. The summed E-state index contributed by atoms with van der Waals surface area (Å²) in [5.74, 6) is -0.881. The van der Waals surface area contributed by atoms with Gasteiger partial charge < -0.3 is 9.88 Å². The Morgan fingerprint density at radius 1 is 1.17 bits per heavy atom. The van der Waals surface area contributed by atoms with Crippen molar-refractivity contribution in [3.8, 4) is 11.8 Å². The SMILES string of the molecule is Cc1c(Cl)cccc1NC(=O)/C(C#N)=C\c1cc(C)n(-c2ccccc2F)c1C. The maximum absolute atomic E-state index is 14.3. The van der Waals surface area contributed by atoms with Crippen molar-refractivity contribution >= 4 is 29.3 Å². The zero-order valence-electron chi connectivity index (χ0n) is 16.3. The van der Waals surface area contributed by atoms with E-state index in [1.807, 2.05) is 26.0 Å². The van der Waals surface area contributed by atoms with Crippen LogP contribution in [-0.4, -0.2) is 10.5 Å². The van der Waals surface area contributed by atoms with E-state index in [2.05, 4.69) is 5.32 Å². The minimum absolute atomic E-state index is 0.0573. The van der Waals surface area contributed by atoms with E-state index in [0.29, 0.717) is 22.0 Å². The Kier molecular flexibility index (Phi) is 5.86. The van der Waals surface area contributed by atoms with Crippen molar-refractivity contribution in [2.24, 2.45) is 0 Å². The highest BCUT2D eigenvalue weighted by Gasteiger charge is 2.16. The van der Waals surface area contributed by atoms with Crippen molar-refractivity contribution in [2.45, 2.75) is 20.8 Å². The molecule has 0 saturated carbocycles. The molecular formula is C23H19ClFN3O. The maximum atomic E-state index is 14.3. The molecule has 0 bridgehead atoms. The number of nitriles is 1. The van der Waals surface area contributed by atoms with Crippen molar-refractivity contribution in [3.05, 3.63) is 87.5 Å². The summed E-state index contributed by atoms with van der Waals surface area (Å²) in [6, 6.07) is 15.4. The number of para-hydroxylation sites is 1. The Morgan fingerprint density at radius 2 is 1.90 bits per heavy atom. The van der Waals surface area contributed by atoms with Gasteiger partial charge in [0.25, 0.3) is 5.91 Å². The molecule has 0 atom stereocenters. The summed E-state index contributed by atoms with van der Waals surface area (Å²) in [5, 5.41) is 12.8. The largest absolute Gasteiger partial charge is 0.321 e. The second-order valence-electron chi connectivity index (χ2n) is 6.65. The average molecular weight is 408 g/mol. The monoisotopic (exact) mass is 407 g/mol. The van der Waals surface area contributed by atoms with Crippen molar-refractivity contribution in [1.29, 1.82) is 5.26 Å². The van der Waals surface area contributed by atoms with Gasteiger partial charge in [-0.15, -0.1) is 0 Å². The Labute approximate surface area is 173 Å². The average Bonchev–Trinajstić information content (AvgIpc) is 2.97. The summed E-state index contributed by atoms with van der Waals surface area (Å²) in [6.07, 6.45) is 1.51. The second-order valence-corrected chi connectivity index (χ2v) is 7.06. The number of aromatic nitrogens is 1. The molecule has 0 spiro atoms. The zero-order chi connectivity index (χ0) is 21.1. The lowest BCUT2D eigenvalue weighted by Crippen LogP contribution is -2.14. The number of carbonyl (C=O) groups excluding carboxylic acids is 1. The molecule has 0 aliphatic rings. The number of halogens is 2. The highest BCUT2D eigenvalue weighted by Crippen LogP contribution is 2.26. The van der Waals surface area contributed by atoms with Crippen LogP contribution in [0.3, 0.4) is 0 Å². The van der Waals surface area contributed by atoms with Crippen LogP contribution in [0.25, 0.3) is 11.8 Å². The molecule has 0 saturated heterocycles. The third kappa shape index (κ3) is 4.08. The Hall–Kier alpha value is -3.36. The number of carbonyl (C=O) groups is 1. The van der Waals surface area contributed by atoms with Gasteiger partial charge in [-0.25, -0.2) is 4.39 Å². The molecule has 1 N–H and O–H groups in total. The topological polar surface area (TPSA) is 57.8 Å². The van der Waals surface area contributed by atoms with Gasteiger partial charge in [-0.1, -0.05) is 29.8 Å². The summed E-state index contributed by atoms with van der Waals surface area (Å²) < 4.78 is 16.0. The van der Waals surface area contributed by atoms with Gasteiger partial charge in [0.1, 0.15) is 17.5 Å². The van der Waals surface area contributed by atoms with E-state index in [1.165, 1.54) is 12.1 Å². The van der Waals surface area contributed by atoms with E-state index >= 15 is 0 Å². The van der Waals surface area contributed by atoms with Gasteiger partial charge in [0.15, 0.2) is 0 Å². The number of rotatable bonds is 4. The van der Waals surface area contributed by atoms with Crippen LogP contribution >= 0.6 is 11.6 Å². The Balaban J connectivity index is 1.97. The van der Waals surface area contributed by atoms with E-state index in [0.717, 1.165) is 17.0 Å². The normalized spacial score (nSPS) is 11.2. The predicted octanol–water partition coefficient (Wildman–Crippen LogP) is 5.74. The van der Waals surface area contributed by atoms with Gasteiger partial charge in [-0.3, -0.25) is 4.79 Å². The fraction of sp³-hybridized carbons (Fsp3) is 0.130. The lowest BCUT2D eigenvalue weighted by atomic mass is 10.1. The molecular weight excluding hydrogens is 389 g/mol. The summed E-state index contributed by atoms with van der Waals surface area (Å²) in [4.78, 5) is 12.6. The minimum atomic E-state index is -0.534. The number of amides is 1. The predicted molar refractivity (Wildman–Crippen MR) is 114 cm³/mol. The van der Waals surface area contributed by atoms with Gasteiger partial charge in [0.05, 0.1) is 5.69 Å². The van der Waals surface area contributed by atoms with E-state index in [1.54, 1.807) is 47.9 Å². The molecule has 1 aromatic heterocycles. The van der Waals surface area contributed by atoms with Crippen LogP contribution in [-0.2, 0) is 4.79 Å². The van der Waals surface area contributed by atoms with Crippen molar-refractivity contribution < 1.29 is 9.18 Å². The molecule has 1 amide bonds. The number of anilines is 1. The summed E-state index contributed by atoms with van der Waals surface area (Å²) >= 11 is 6.09. The van der Waals surface area contributed by atoms with Crippen molar-refractivity contribution in [1.82, 2.24) is 4.57 Å². The number of nitrogens with zero attached hydrogens (tertiary/aromatic N) is 2. The quantitative estimate of drug-likeness (QED) is 0.442. The van der Waals surface area contributed by atoms with Crippen LogP contribution < -0.4 is 5.32 Å².